The Hall–Kier alpha value is -2.59. The van der Waals surface area contributed by atoms with E-state index in [2.05, 4.69) is 21.8 Å². The lowest BCUT2D eigenvalue weighted by Gasteiger charge is -2.29. The maximum absolute atomic E-state index is 13.1. The van der Waals surface area contributed by atoms with Gasteiger partial charge in [-0.05, 0) is 31.0 Å². The highest BCUT2D eigenvalue weighted by molar-refractivity contribution is 6.30. The second-order valence-corrected chi connectivity index (χ2v) is 6.40. The van der Waals surface area contributed by atoms with Crippen LogP contribution < -0.4 is 0 Å². The van der Waals surface area contributed by atoms with Crippen molar-refractivity contribution in [2.75, 3.05) is 7.05 Å². The van der Waals surface area contributed by atoms with E-state index in [1.165, 1.54) is 24.5 Å². The van der Waals surface area contributed by atoms with Crippen molar-refractivity contribution in [3.8, 4) is 11.8 Å². The molecule has 0 aromatic carbocycles. The van der Waals surface area contributed by atoms with Gasteiger partial charge in [0.25, 0.3) is 5.91 Å². The first-order valence-electron chi connectivity index (χ1n) is 7.66. The average Bonchev–Trinajstić information content (AvgIpc) is 3.41. The molecule has 0 spiro atoms. The van der Waals surface area contributed by atoms with E-state index < -0.39 is 17.6 Å². The minimum atomic E-state index is -4.45. The lowest BCUT2D eigenvalue weighted by molar-refractivity contribution is -0.185. The Morgan fingerprint density at radius 1 is 1.19 bits per heavy atom. The highest BCUT2D eigenvalue weighted by atomic mass is 35.5. The van der Waals surface area contributed by atoms with Crippen molar-refractivity contribution in [1.29, 1.82) is 0 Å². The number of amides is 1. The molecule has 26 heavy (non-hydrogen) atoms. The van der Waals surface area contributed by atoms with Crippen LogP contribution in [-0.4, -0.2) is 39.5 Å². The number of carbonyl (C=O) groups excluding carboxylic acids is 1. The van der Waals surface area contributed by atoms with Crippen LogP contribution in [0.15, 0.2) is 36.8 Å². The zero-order valence-corrected chi connectivity index (χ0v) is 14.4. The van der Waals surface area contributed by atoms with Gasteiger partial charge >= 0.3 is 6.18 Å². The number of pyridine rings is 2. The summed E-state index contributed by atoms with van der Waals surface area (Å²) in [7, 11) is 1.16. The van der Waals surface area contributed by atoms with Gasteiger partial charge in [-0.2, -0.15) is 13.2 Å². The second-order valence-electron chi connectivity index (χ2n) is 5.97. The molecule has 0 saturated heterocycles. The molecule has 4 nitrogen and oxygen atoms in total. The van der Waals surface area contributed by atoms with Crippen LogP contribution in [0.4, 0.5) is 13.2 Å². The Labute approximate surface area is 153 Å². The molecule has 1 saturated carbocycles. The Kier molecular flexibility index (Phi) is 4.63. The van der Waals surface area contributed by atoms with Crippen LogP contribution in [0.1, 0.15) is 34.5 Å². The molecule has 0 radical (unpaired) electrons. The SMILES string of the molecule is CN(C(=O)c1ccc(C#Cc2cncc(Cl)c2)cn1)C1(C(F)(F)F)CC1. The molecule has 1 aliphatic rings. The van der Waals surface area contributed by atoms with E-state index in [0.29, 0.717) is 16.1 Å². The van der Waals surface area contributed by atoms with Gasteiger partial charge < -0.3 is 4.90 Å². The minimum absolute atomic E-state index is 0.0574. The van der Waals surface area contributed by atoms with Crippen LogP contribution in [-0.2, 0) is 0 Å². The van der Waals surface area contributed by atoms with Gasteiger partial charge in [-0.3, -0.25) is 9.78 Å². The number of aromatic nitrogens is 2. The van der Waals surface area contributed by atoms with Crippen molar-refractivity contribution in [3.05, 3.63) is 58.6 Å². The molecule has 0 aliphatic heterocycles. The Morgan fingerprint density at radius 2 is 1.88 bits per heavy atom. The lowest BCUT2D eigenvalue weighted by Crippen LogP contribution is -2.49. The molecule has 2 heterocycles. The van der Waals surface area contributed by atoms with Gasteiger partial charge in [-0.25, -0.2) is 4.98 Å². The van der Waals surface area contributed by atoms with E-state index in [4.69, 9.17) is 11.6 Å². The molecule has 1 fully saturated rings. The molecule has 0 N–H and O–H groups in total. The molecule has 0 atom stereocenters. The zero-order valence-electron chi connectivity index (χ0n) is 13.6. The summed E-state index contributed by atoms with van der Waals surface area (Å²) in [6, 6.07) is 4.55. The van der Waals surface area contributed by atoms with E-state index in [1.807, 2.05) is 0 Å². The Balaban J connectivity index is 1.75. The quantitative estimate of drug-likeness (QED) is 0.747. The van der Waals surface area contributed by atoms with E-state index >= 15 is 0 Å². The molecule has 3 rings (SSSR count). The van der Waals surface area contributed by atoms with Crippen LogP contribution in [0.3, 0.4) is 0 Å². The fourth-order valence-corrected chi connectivity index (χ4v) is 2.69. The molecule has 134 valence electrons. The first-order chi connectivity index (χ1) is 12.2. The smallest absolute Gasteiger partial charge is 0.326 e. The number of nitrogens with zero attached hydrogens (tertiary/aromatic N) is 3. The number of hydrogen-bond donors (Lipinski definition) is 0. The monoisotopic (exact) mass is 379 g/mol. The third-order valence-corrected chi connectivity index (χ3v) is 4.44. The van der Waals surface area contributed by atoms with E-state index in [0.717, 1.165) is 11.9 Å². The third kappa shape index (κ3) is 3.51. The van der Waals surface area contributed by atoms with Gasteiger partial charge in [0.1, 0.15) is 11.2 Å². The van der Waals surface area contributed by atoms with Gasteiger partial charge in [-0.15, -0.1) is 0 Å². The molecule has 2 aromatic rings. The number of hydrogen-bond acceptors (Lipinski definition) is 3. The summed E-state index contributed by atoms with van der Waals surface area (Å²) in [5.74, 6) is 4.92. The van der Waals surface area contributed by atoms with Crippen LogP contribution in [0.25, 0.3) is 0 Å². The first kappa shape index (κ1) is 18.2. The van der Waals surface area contributed by atoms with Gasteiger partial charge in [0, 0.05) is 36.8 Å². The summed E-state index contributed by atoms with van der Waals surface area (Å²) >= 11 is 5.82. The van der Waals surface area contributed by atoms with Crippen molar-refractivity contribution in [3.63, 3.8) is 0 Å². The maximum atomic E-state index is 13.1. The van der Waals surface area contributed by atoms with E-state index in [9.17, 15) is 18.0 Å². The lowest BCUT2D eigenvalue weighted by atomic mass is 10.2. The second kappa shape index (κ2) is 6.61. The first-order valence-corrected chi connectivity index (χ1v) is 8.04. The minimum Gasteiger partial charge on any atom is -0.326 e. The summed E-state index contributed by atoms with van der Waals surface area (Å²) in [6.45, 7) is 0. The Bertz CT molecular complexity index is 896. The summed E-state index contributed by atoms with van der Waals surface area (Å²) in [4.78, 5) is 20.9. The highest BCUT2D eigenvalue weighted by Gasteiger charge is 2.67. The van der Waals surface area contributed by atoms with Crippen molar-refractivity contribution in [1.82, 2.24) is 14.9 Å². The largest absolute Gasteiger partial charge is 0.411 e. The van der Waals surface area contributed by atoms with Crippen molar-refractivity contribution >= 4 is 17.5 Å². The summed E-state index contributed by atoms with van der Waals surface area (Å²) in [5, 5.41) is 0.456. The van der Waals surface area contributed by atoms with E-state index in [-0.39, 0.29) is 18.5 Å². The van der Waals surface area contributed by atoms with Gasteiger partial charge in [0.15, 0.2) is 0 Å². The molecular formula is C18H13ClF3N3O. The van der Waals surface area contributed by atoms with Crippen LogP contribution in [0, 0.1) is 11.8 Å². The standard InChI is InChI=1S/C18H13ClF3N3O/c1-25(17(6-7-17)18(20,21)22)16(26)15-5-4-12(10-24-15)2-3-13-8-14(19)11-23-9-13/h4-5,8-11H,6-7H2,1H3. The fraction of sp³-hybridized carbons (Fsp3) is 0.278. The predicted octanol–water partition coefficient (Wildman–Crippen LogP) is 3.70. The van der Waals surface area contributed by atoms with Crippen molar-refractivity contribution in [2.24, 2.45) is 0 Å². The topological polar surface area (TPSA) is 46.1 Å². The van der Waals surface area contributed by atoms with E-state index in [1.54, 1.807) is 12.3 Å². The van der Waals surface area contributed by atoms with Crippen LogP contribution in [0.5, 0.6) is 0 Å². The van der Waals surface area contributed by atoms with Crippen LogP contribution in [0.2, 0.25) is 5.02 Å². The van der Waals surface area contributed by atoms with Crippen molar-refractivity contribution < 1.29 is 18.0 Å². The maximum Gasteiger partial charge on any atom is 0.411 e. The van der Waals surface area contributed by atoms with Crippen LogP contribution >= 0.6 is 11.6 Å². The Morgan fingerprint density at radius 3 is 2.42 bits per heavy atom. The third-order valence-electron chi connectivity index (χ3n) is 4.24. The van der Waals surface area contributed by atoms with Crippen molar-refractivity contribution in [2.45, 2.75) is 24.6 Å². The molecule has 1 amide bonds. The molecule has 8 heteroatoms. The van der Waals surface area contributed by atoms with Gasteiger partial charge in [-0.1, -0.05) is 23.4 Å². The molecule has 0 bridgehead atoms. The normalized spacial score (nSPS) is 15.0. The highest BCUT2D eigenvalue weighted by Crippen LogP contribution is 2.53. The average molecular weight is 380 g/mol. The predicted molar refractivity (Wildman–Crippen MR) is 89.6 cm³/mol. The number of alkyl halides is 3. The summed E-state index contributed by atoms with van der Waals surface area (Å²) in [5.41, 5.74) is -0.999. The summed E-state index contributed by atoms with van der Waals surface area (Å²) in [6.07, 6.45) is -0.247. The molecule has 2 aromatic heterocycles. The van der Waals surface area contributed by atoms with Gasteiger partial charge in [0.2, 0.25) is 0 Å². The molecule has 0 unspecified atom stereocenters. The number of carbonyl (C=O) groups is 1. The summed E-state index contributed by atoms with van der Waals surface area (Å²) < 4.78 is 39.4. The molecule has 1 aliphatic carbocycles. The fourth-order valence-electron chi connectivity index (χ4n) is 2.51. The zero-order chi connectivity index (χ0) is 18.9. The van der Waals surface area contributed by atoms with Gasteiger partial charge in [0.05, 0.1) is 5.02 Å². The number of halogens is 4. The number of rotatable bonds is 2. The molecular weight excluding hydrogens is 367 g/mol.